The summed E-state index contributed by atoms with van der Waals surface area (Å²) in [5.41, 5.74) is 0. The van der Waals surface area contributed by atoms with Gasteiger partial charge in [-0.25, -0.2) is 4.79 Å². The van der Waals surface area contributed by atoms with Gasteiger partial charge in [-0.2, -0.15) is 0 Å². The van der Waals surface area contributed by atoms with Crippen molar-refractivity contribution >= 4 is 18.0 Å². The fraction of sp³-hybridized carbons (Fsp3) is 0.769. The van der Waals surface area contributed by atoms with Crippen molar-refractivity contribution < 1.29 is 24.2 Å². The van der Waals surface area contributed by atoms with E-state index in [1.54, 1.807) is 14.0 Å². The number of hydrogen-bond donors (Lipinski definition) is 1. The molecule has 1 fully saturated rings. The molecular formula is C13H22N2O5. The summed E-state index contributed by atoms with van der Waals surface area (Å²) in [4.78, 5) is 36.9. The molecule has 0 bridgehead atoms. The number of carboxylic acid groups (broad SMARTS) is 1. The maximum atomic E-state index is 12.1. The number of hydrogen-bond acceptors (Lipinski definition) is 4. The van der Waals surface area contributed by atoms with Gasteiger partial charge in [0.25, 0.3) is 0 Å². The number of aliphatic carboxylic acids is 1. The highest BCUT2D eigenvalue weighted by Crippen LogP contribution is 2.29. The summed E-state index contributed by atoms with van der Waals surface area (Å²) in [6.45, 7) is 2.41. The minimum atomic E-state index is -1.03. The molecule has 1 N–H and O–H groups in total. The molecule has 0 aromatic heterocycles. The molecule has 0 atom stereocenters. The number of esters is 1. The zero-order valence-electron chi connectivity index (χ0n) is 12.0. The summed E-state index contributed by atoms with van der Waals surface area (Å²) in [6, 6.07) is -0.358. The van der Waals surface area contributed by atoms with Crippen molar-refractivity contribution in [1.82, 2.24) is 9.80 Å². The van der Waals surface area contributed by atoms with E-state index in [0.717, 1.165) is 12.8 Å². The zero-order valence-corrected chi connectivity index (χ0v) is 12.0. The van der Waals surface area contributed by atoms with Crippen molar-refractivity contribution in [3.8, 4) is 0 Å². The fourth-order valence-electron chi connectivity index (χ4n) is 1.81. The van der Waals surface area contributed by atoms with Crippen LogP contribution in [-0.2, 0) is 14.3 Å². The van der Waals surface area contributed by atoms with Gasteiger partial charge in [0.05, 0.1) is 13.0 Å². The molecule has 0 spiro atoms. The largest absolute Gasteiger partial charge is 0.480 e. The number of amides is 2. The lowest BCUT2D eigenvalue weighted by atomic mass is 10.3. The number of carboxylic acids is 1. The lowest BCUT2D eigenvalue weighted by Gasteiger charge is -2.26. The fourth-order valence-corrected chi connectivity index (χ4v) is 1.81. The average molecular weight is 286 g/mol. The average Bonchev–Trinajstić information content (AvgIpc) is 3.18. The van der Waals surface area contributed by atoms with Crippen LogP contribution in [0.25, 0.3) is 0 Å². The molecular weight excluding hydrogens is 264 g/mol. The van der Waals surface area contributed by atoms with E-state index in [1.165, 1.54) is 9.80 Å². The van der Waals surface area contributed by atoms with Crippen LogP contribution in [0.15, 0.2) is 0 Å². The predicted octanol–water partition coefficient (Wildman–Crippen LogP) is 0.788. The Morgan fingerprint density at radius 3 is 2.45 bits per heavy atom. The minimum Gasteiger partial charge on any atom is -0.480 e. The maximum absolute atomic E-state index is 12.1. The number of carbonyl (C=O) groups excluding carboxylic acids is 2. The Morgan fingerprint density at radius 1 is 1.30 bits per heavy atom. The molecule has 0 unspecified atom stereocenters. The van der Waals surface area contributed by atoms with E-state index in [-0.39, 0.29) is 31.5 Å². The van der Waals surface area contributed by atoms with E-state index in [2.05, 4.69) is 0 Å². The van der Waals surface area contributed by atoms with E-state index < -0.39 is 5.97 Å². The third-order valence-electron chi connectivity index (χ3n) is 3.06. The third-order valence-corrected chi connectivity index (χ3v) is 3.06. The van der Waals surface area contributed by atoms with E-state index in [4.69, 9.17) is 9.84 Å². The van der Waals surface area contributed by atoms with Crippen LogP contribution in [0.3, 0.4) is 0 Å². The van der Waals surface area contributed by atoms with Crippen molar-refractivity contribution in [3.05, 3.63) is 0 Å². The predicted molar refractivity (Wildman–Crippen MR) is 71.2 cm³/mol. The molecule has 0 aliphatic heterocycles. The molecule has 20 heavy (non-hydrogen) atoms. The van der Waals surface area contributed by atoms with Gasteiger partial charge in [0.1, 0.15) is 6.54 Å². The van der Waals surface area contributed by atoms with Crippen LogP contribution in [0.5, 0.6) is 0 Å². The normalized spacial score (nSPS) is 13.7. The molecule has 0 radical (unpaired) electrons. The second-order valence-electron chi connectivity index (χ2n) is 4.98. The quantitative estimate of drug-likeness (QED) is 0.666. The van der Waals surface area contributed by atoms with Gasteiger partial charge in [-0.15, -0.1) is 0 Å². The first kappa shape index (κ1) is 16.3. The van der Waals surface area contributed by atoms with Crippen LogP contribution in [-0.4, -0.2) is 66.2 Å². The van der Waals surface area contributed by atoms with Crippen LogP contribution in [0.1, 0.15) is 26.2 Å². The first-order chi connectivity index (χ1) is 9.43. The second kappa shape index (κ2) is 7.72. The summed E-state index contributed by atoms with van der Waals surface area (Å²) in [5, 5.41) is 8.85. The number of nitrogens with zero attached hydrogens (tertiary/aromatic N) is 2. The number of urea groups is 1. The molecule has 0 saturated heterocycles. The number of rotatable bonds is 8. The van der Waals surface area contributed by atoms with Gasteiger partial charge in [-0.05, 0) is 25.7 Å². The second-order valence-corrected chi connectivity index (χ2v) is 4.98. The topological polar surface area (TPSA) is 87.2 Å². The zero-order chi connectivity index (χ0) is 15.1. The Balaban J connectivity index is 2.44. The van der Waals surface area contributed by atoms with Crippen molar-refractivity contribution in [2.45, 2.75) is 26.2 Å². The van der Waals surface area contributed by atoms with Crippen LogP contribution in [0.4, 0.5) is 4.79 Å². The number of carbonyl (C=O) groups is 3. The molecule has 114 valence electrons. The highest BCUT2D eigenvalue weighted by molar-refractivity contribution is 5.80. The molecule has 7 heteroatoms. The van der Waals surface area contributed by atoms with Crippen LogP contribution < -0.4 is 0 Å². The van der Waals surface area contributed by atoms with Crippen molar-refractivity contribution in [2.75, 3.05) is 33.3 Å². The van der Waals surface area contributed by atoms with Crippen LogP contribution in [0, 0.1) is 5.92 Å². The lowest BCUT2D eigenvalue weighted by Crippen LogP contribution is -2.45. The Morgan fingerprint density at radius 2 is 1.95 bits per heavy atom. The van der Waals surface area contributed by atoms with Gasteiger partial charge in [0, 0.05) is 20.1 Å². The Bertz CT molecular complexity index is 368. The highest BCUT2D eigenvalue weighted by Gasteiger charge is 2.29. The molecule has 7 nitrogen and oxygen atoms in total. The first-order valence-corrected chi connectivity index (χ1v) is 6.81. The van der Waals surface area contributed by atoms with Gasteiger partial charge in [0.15, 0.2) is 0 Å². The van der Waals surface area contributed by atoms with Crippen LogP contribution >= 0.6 is 0 Å². The van der Waals surface area contributed by atoms with Crippen molar-refractivity contribution in [2.24, 2.45) is 5.92 Å². The van der Waals surface area contributed by atoms with E-state index in [1.807, 2.05) is 0 Å². The molecule has 1 aliphatic carbocycles. The van der Waals surface area contributed by atoms with Crippen molar-refractivity contribution in [1.29, 1.82) is 0 Å². The highest BCUT2D eigenvalue weighted by atomic mass is 16.5. The van der Waals surface area contributed by atoms with Crippen LogP contribution in [0.2, 0.25) is 0 Å². The Labute approximate surface area is 118 Å². The Kier molecular flexibility index (Phi) is 6.27. The summed E-state index contributed by atoms with van der Waals surface area (Å²) in [7, 11) is 1.56. The van der Waals surface area contributed by atoms with Gasteiger partial charge in [0.2, 0.25) is 0 Å². The molecule has 0 heterocycles. The molecule has 0 aromatic carbocycles. The summed E-state index contributed by atoms with van der Waals surface area (Å²) < 4.78 is 4.79. The first-order valence-electron chi connectivity index (χ1n) is 6.81. The van der Waals surface area contributed by atoms with Crippen molar-refractivity contribution in [3.63, 3.8) is 0 Å². The lowest BCUT2D eigenvalue weighted by molar-refractivity contribution is -0.143. The monoisotopic (exact) mass is 286 g/mol. The molecule has 1 saturated carbocycles. The minimum absolute atomic E-state index is 0.112. The van der Waals surface area contributed by atoms with E-state index in [0.29, 0.717) is 19.1 Å². The molecule has 2 amide bonds. The van der Waals surface area contributed by atoms with E-state index >= 15 is 0 Å². The third kappa shape index (κ3) is 5.90. The van der Waals surface area contributed by atoms with Gasteiger partial charge in [-0.3, -0.25) is 9.59 Å². The van der Waals surface area contributed by atoms with E-state index in [9.17, 15) is 14.4 Å². The van der Waals surface area contributed by atoms with Gasteiger partial charge < -0.3 is 19.6 Å². The van der Waals surface area contributed by atoms with Gasteiger partial charge in [-0.1, -0.05) is 0 Å². The summed E-state index contributed by atoms with van der Waals surface area (Å²) in [5.74, 6) is -0.978. The molecule has 1 rings (SSSR count). The SMILES string of the molecule is CCOC(=O)CCN(C)C(=O)N(CC(=O)O)CC1CC1. The smallest absolute Gasteiger partial charge is 0.323 e. The summed E-state index contributed by atoms with van der Waals surface area (Å²) in [6.07, 6.45) is 2.19. The summed E-state index contributed by atoms with van der Waals surface area (Å²) >= 11 is 0. The molecule has 1 aliphatic rings. The maximum Gasteiger partial charge on any atom is 0.323 e. The standard InChI is InChI=1S/C13H22N2O5/c1-3-20-12(18)6-7-14(2)13(19)15(9-11(16)17)8-10-4-5-10/h10H,3-9H2,1-2H3,(H,16,17). The number of ether oxygens (including phenoxy) is 1. The Hall–Kier alpha value is -1.79. The molecule has 0 aromatic rings. The van der Waals surface area contributed by atoms with Gasteiger partial charge >= 0.3 is 18.0 Å².